The maximum absolute atomic E-state index is 12.0. The number of benzene rings is 1. The van der Waals surface area contributed by atoms with E-state index in [0.29, 0.717) is 16.3 Å². The SMILES string of the molecule is CC[C@H](C)NC(=O)NC(=O)C[NH+](C)CC(=O)Nc1ccc(OC)cc1. The minimum Gasteiger partial charge on any atom is -0.497 e. The van der Waals surface area contributed by atoms with Crippen molar-refractivity contribution in [3.63, 3.8) is 0 Å². The molecule has 2 atom stereocenters. The van der Waals surface area contributed by atoms with Gasteiger partial charge in [-0.2, -0.15) is 0 Å². The van der Waals surface area contributed by atoms with E-state index in [-0.39, 0.29) is 25.0 Å². The van der Waals surface area contributed by atoms with Gasteiger partial charge in [0.1, 0.15) is 5.75 Å². The number of carbonyl (C=O) groups is 3. The first-order valence-electron chi connectivity index (χ1n) is 8.19. The van der Waals surface area contributed by atoms with E-state index in [4.69, 9.17) is 4.74 Å². The number of imide groups is 1. The van der Waals surface area contributed by atoms with Crippen LogP contribution < -0.4 is 25.6 Å². The summed E-state index contributed by atoms with van der Waals surface area (Å²) >= 11 is 0. The van der Waals surface area contributed by atoms with Crippen molar-refractivity contribution >= 4 is 23.5 Å². The normalized spacial score (nSPS) is 12.6. The monoisotopic (exact) mass is 351 g/mol. The molecule has 25 heavy (non-hydrogen) atoms. The molecule has 0 bridgehead atoms. The molecule has 0 aliphatic rings. The fourth-order valence-electron chi connectivity index (χ4n) is 2.02. The highest BCUT2D eigenvalue weighted by Gasteiger charge is 2.16. The molecular weight excluding hydrogens is 324 g/mol. The van der Waals surface area contributed by atoms with Crippen molar-refractivity contribution in [3.8, 4) is 5.75 Å². The number of hydrogen-bond donors (Lipinski definition) is 4. The van der Waals surface area contributed by atoms with Gasteiger partial charge in [0, 0.05) is 11.7 Å². The molecule has 1 aromatic carbocycles. The Balaban J connectivity index is 2.36. The molecule has 0 aliphatic heterocycles. The predicted molar refractivity (Wildman–Crippen MR) is 94.7 cm³/mol. The first kappa shape index (κ1) is 20.4. The molecule has 0 saturated heterocycles. The maximum atomic E-state index is 12.0. The number of amides is 4. The molecule has 0 fully saturated rings. The third-order valence-electron chi connectivity index (χ3n) is 3.54. The Bertz CT molecular complexity index is 589. The van der Waals surface area contributed by atoms with Gasteiger partial charge in [-0.05, 0) is 37.6 Å². The fourth-order valence-corrected chi connectivity index (χ4v) is 2.02. The third-order valence-corrected chi connectivity index (χ3v) is 3.54. The smallest absolute Gasteiger partial charge is 0.321 e. The van der Waals surface area contributed by atoms with Crippen molar-refractivity contribution in [2.75, 3.05) is 32.6 Å². The van der Waals surface area contributed by atoms with Gasteiger partial charge in [-0.25, -0.2) is 4.79 Å². The van der Waals surface area contributed by atoms with E-state index < -0.39 is 11.9 Å². The summed E-state index contributed by atoms with van der Waals surface area (Å²) in [6.07, 6.45) is 0.776. The summed E-state index contributed by atoms with van der Waals surface area (Å²) in [6.45, 7) is 3.91. The van der Waals surface area contributed by atoms with Crippen LogP contribution >= 0.6 is 0 Å². The highest BCUT2D eigenvalue weighted by molar-refractivity contribution is 5.95. The second-order valence-electron chi connectivity index (χ2n) is 5.92. The minimum atomic E-state index is -0.519. The standard InChI is InChI=1S/C17H26N4O4/c1-5-12(2)18-17(24)20-16(23)11-21(3)10-15(22)19-13-6-8-14(25-4)9-7-13/h6-9,12H,5,10-11H2,1-4H3,(H,19,22)(H2,18,20,23,24)/p+1/t12-/m0/s1. The van der Waals surface area contributed by atoms with Crippen LogP contribution in [-0.4, -0.2) is 51.1 Å². The van der Waals surface area contributed by atoms with Crippen molar-refractivity contribution in [3.05, 3.63) is 24.3 Å². The Morgan fingerprint density at radius 2 is 1.72 bits per heavy atom. The van der Waals surface area contributed by atoms with Gasteiger partial charge >= 0.3 is 6.03 Å². The molecule has 0 radical (unpaired) electrons. The zero-order valence-electron chi connectivity index (χ0n) is 15.1. The van der Waals surface area contributed by atoms with Crippen LogP contribution in [0.5, 0.6) is 5.75 Å². The van der Waals surface area contributed by atoms with Crippen LogP contribution in [0.15, 0.2) is 24.3 Å². The molecule has 4 N–H and O–H groups in total. The first-order valence-corrected chi connectivity index (χ1v) is 8.19. The van der Waals surface area contributed by atoms with Crippen LogP contribution in [0.4, 0.5) is 10.5 Å². The number of ether oxygens (including phenoxy) is 1. The number of quaternary nitrogens is 1. The molecule has 0 heterocycles. The Morgan fingerprint density at radius 1 is 1.12 bits per heavy atom. The van der Waals surface area contributed by atoms with Gasteiger partial charge in [0.05, 0.1) is 14.2 Å². The lowest BCUT2D eigenvalue weighted by Crippen LogP contribution is -3.11. The Kier molecular flexibility index (Phi) is 8.42. The van der Waals surface area contributed by atoms with Crippen LogP contribution in [-0.2, 0) is 9.59 Å². The van der Waals surface area contributed by atoms with E-state index in [9.17, 15) is 14.4 Å². The molecule has 1 rings (SSSR count). The minimum absolute atomic E-state index is 0.00634. The van der Waals surface area contributed by atoms with E-state index in [1.54, 1.807) is 38.4 Å². The fraction of sp³-hybridized carbons (Fsp3) is 0.471. The molecule has 0 spiro atoms. The highest BCUT2D eigenvalue weighted by Crippen LogP contribution is 2.14. The lowest BCUT2D eigenvalue weighted by atomic mass is 10.3. The molecule has 0 aromatic heterocycles. The molecule has 0 saturated carbocycles. The molecule has 0 aliphatic carbocycles. The van der Waals surface area contributed by atoms with Gasteiger partial charge in [-0.3, -0.25) is 14.9 Å². The summed E-state index contributed by atoms with van der Waals surface area (Å²) in [5.74, 6) is 0.0446. The summed E-state index contributed by atoms with van der Waals surface area (Å²) in [4.78, 5) is 36.0. The number of rotatable bonds is 8. The van der Waals surface area contributed by atoms with Gasteiger partial charge < -0.3 is 20.3 Å². The van der Waals surface area contributed by atoms with Gasteiger partial charge in [0.2, 0.25) is 0 Å². The maximum Gasteiger partial charge on any atom is 0.321 e. The number of urea groups is 1. The molecule has 1 aromatic rings. The number of hydrogen-bond acceptors (Lipinski definition) is 4. The third kappa shape index (κ3) is 8.16. The summed E-state index contributed by atoms with van der Waals surface area (Å²) in [5, 5.41) is 7.65. The van der Waals surface area contributed by atoms with Crippen LogP contribution in [0.3, 0.4) is 0 Å². The zero-order valence-corrected chi connectivity index (χ0v) is 15.1. The molecule has 4 amide bonds. The van der Waals surface area contributed by atoms with Crippen molar-refractivity contribution in [2.45, 2.75) is 26.3 Å². The molecule has 138 valence electrons. The van der Waals surface area contributed by atoms with Crippen LogP contribution in [0, 0.1) is 0 Å². The molecular formula is C17H27N4O4+. The van der Waals surface area contributed by atoms with Crippen molar-refractivity contribution in [1.82, 2.24) is 10.6 Å². The molecule has 1 unspecified atom stereocenters. The van der Waals surface area contributed by atoms with E-state index in [1.807, 2.05) is 13.8 Å². The Hall–Kier alpha value is -2.61. The lowest BCUT2D eigenvalue weighted by Gasteiger charge is -2.15. The number of likely N-dealkylation sites (N-methyl/N-ethyl adjacent to an activating group) is 1. The predicted octanol–water partition coefficient (Wildman–Crippen LogP) is -0.227. The van der Waals surface area contributed by atoms with Crippen molar-refractivity contribution in [2.24, 2.45) is 0 Å². The van der Waals surface area contributed by atoms with Gasteiger partial charge in [-0.1, -0.05) is 6.92 Å². The van der Waals surface area contributed by atoms with Crippen molar-refractivity contribution in [1.29, 1.82) is 0 Å². The topological polar surface area (TPSA) is 101 Å². The number of anilines is 1. The largest absolute Gasteiger partial charge is 0.497 e. The number of methoxy groups -OCH3 is 1. The summed E-state index contributed by atoms with van der Waals surface area (Å²) < 4.78 is 5.05. The molecule has 8 heteroatoms. The molecule has 8 nitrogen and oxygen atoms in total. The second-order valence-corrected chi connectivity index (χ2v) is 5.92. The lowest BCUT2D eigenvalue weighted by molar-refractivity contribution is -0.862. The van der Waals surface area contributed by atoms with Crippen LogP contribution in [0.25, 0.3) is 0 Å². The second kappa shape index (κ2) is 10.3. The van der Waals surface area contributed by atoms with Crippen LogP contribution in [0.1, 0.15) is 20.3 Å². The van der Waals surface area contributed by atoms with Crippen molar-refractivity contribution < 1.29 is 24.0 Å². The van der Waals surface area contributed by atoms with Gasteiger partial charge in [-0.15, -0.1) is 0 Å². The van der Waals surface area contributed by atoms with Gasteiger partial charge in [0.15, 0.2) is 13.1 Å². The van der Waals surface area contributed by atoms with E-state index >= 15 is 0 Å². The zero-order chi connectivity index (χ0) is 18.8. The Labute approximate surface area is 147 Å². The number of carbonyl (C=O) groups excluding carboxylic acids is 3. The quantitative estimate of drug-likeness (QED) is 0.520. The average Bonchev–Trinajstić information content (AvgIpc) is 2.54. The van der Waals surface area contributed by atoms with Crippen LogP contribution in [0.2, 0.25) is 0 Å². The highest BCUT2D eigenvalue weighted by atomic mass is 16.5. The summed E-state index contributed by atoms with van der Waals surface area (Å²) in [7, 11) is 3.28. The Morgan fingerprint density at radius 3 is 2.28 bits per heavy atom. The summed E-state index contributed by atoms with van der Waals surface area (Å²) in [5.41, 5.74) is 0.649. The van der Waals surface area contributed by atoms with E-state index in [1.165, 1.54) is 0 Å². The first-order chi connectivity index (χ1) is 11.8. The van der Waals surface area contributed by atoms with Gasteiger partial charge in [0.25, 0.3) is 11.8 Å². The van der Waals surface area contributed by atoms with E-state index in [0.717, 1.165) is 6.42 Å². The average molecular weight is 351 g/mol. The number of nitrogens with one attached hydrogen (secondary N) is 4. The summed E-state index contributed by atoms with van der Waals surface area (Å²) in [6, 6.07) is 6.43. The van der Waals surface area contributed by atoms with E-state index in [2.05, 4.69) is 16.0 Å².